The van der Waals surface area contributed by atoms with Crippen molar-refractivity contribution in [2.45, 2.75) is 26.3 Å². The van der Waals surface area contributed by atoms with Crippen LogP contribution in [0.15, 0.2) is 60.7 Å². The monoisotopic (exact) mass is 278 g/mol. The number of hydrogen-bond donors (Lipinski definition) is 0. The summed E-state index contributed by atoms with van der Waals surface area (Å²) in [5.74, 6) is 0. The van der Waals surface area contributed by atoms with Crippen molar-refractivity contribution in [1.29, 1.82) is 0 Å². The van der Waals surface area contributed by atoms with Crippen LogP contribution < -0.4 is 0 Å². The summed E-state index contributed by atoms with van der Waals surface area (Å²) in [6.45, 7) is 7.33. The summed E-state index contributed by atoms with van der Waals surface area (Å²) in [5, 5.41) is 0. The smallest absolute Gasteiger partial charge is 0.308 e. The van der Waals surface area contributed by atoms with E-state index in [-0.39, 0.29) is 0 Å². The lowest BCUT2D eigenvalue weighted by atomic mass is 9.71. The molecule has 0 amide bonds. The summed E-state index contributed by atoms with van der Waals surface area (Å²) in [5.41, 5.74) is 2.82. The van der Waals surface area contributed by atoms with Crippen LogP contribution in [0.1, 0.15) is 17.5 Å². The summed E-state index contributed by atoms with van der Waals surface area (Å²) in [6, 6.07) is 21.6. The van der Waals surface area contributed by atoms with Gasteiger partial charge in [0.05, 0.1) is 0 Å². The predicted molar refractivity (Wildman–Crippen MR) is 89.9 cm³/mol. The summed E-state index contributed by atoms with van der Waals surface area (Å²) in [6.07, 6.45) is 1.25. The van der Waals surface area contributed by atoms with Gasteiger partial charge in [0.15, 0.2) is 0 Å². The first-order valence-corrected chi connectivity index (χ1v) is 7.89. The van der Waals surface area contributed by atoms with Crippen LogP contribution in [-0.4, -0.2) is 29.7 Å². The van der Waals surface area contributed by atoms with Gasteiger partial charge in [-0.2, -0.15) is 0 Å². The summed E-state index contributed by atoms with van der Waals surface area (Å²) in [4.78, 5) is 5.17. The molecule has 0 saturated carbocycles. The van der Waals surface area contributed by atoms with Gasteiger partial charge in [-0.15, -0.1) is 0 Å². The Balaban J connectivity index is 1.64. The number of benzene rings is 2. The third-order valence-electron chi connectivity index (χ3n) is 4.40. The van der Waals surface area contributed by atoms with E-state index >= 15 is 0 Å². The molecule has 3 rings (SSSR count). The molecule has 0 unspecified atom stereocenters. The summed E-state index contributed by atoms with van der Waals surface area (Å²) in [7, 11) is 0. The first kappa shape index (κ1) is 14.4. The molecular weight excluding hydrogens is 255 g/mol. The normalized spacial score (nSPS) is 17.1. The van der Waals surface area contributed by atoms with Gasteiger partial charge in [0.1, 0.15) is 0 Å². The molecule has 0 N–H and O–H groups in total. The SMILES string of the molecule is CB1N(Cc2ccccc2)CCCN1Cc1ccccc1. The van der Waals surface area contributed by atoms with Gasteiger partial charge in [0.25, 0.3) is 0 Å². The second kappa shape index (κ2) is 6.92. The highest BCUT2D eigenvalue weighted by Crippen LogP contribution is 2.17. The molecule has 1 aliphatic heterocycles. The minimum Gasteiger partial charge on any atom is -0.324 e. The molecule has 0 atom stereocenters. The maximum atomic E-state index is 2.59. The van der Waals surface area contributed by atoms with Crippen molar-refractivity contribution >= 4 is 6.98 Å². The van der Waals surface area contributed by atoms with Crippen molar-refractivity contribution in [3.63, 3.8) is 0 Å². The zero-order chi connectivity index (χ0) is 14.5. The molecule has 2 aromatic rings. The second-order valence-corrected chi connectivity index (χ2v) is 5.90. The standard InChI is InChI=1S/C18H23BN2/c1-19-20(15-17-9-4-2-5-10-17)13-8-14-21(19)16-18-11-6-3-7-12-18/h2-7,9-12H,8,13-16H2,1H3. The quantitative estimate of drug-likeness (QED) is 0.790. The van der Waals surface area contributed by atoms with Gasteiger partial charge in [-0.25, -0.2) is 0 Å². The van der Waals surface area contributed by atoms with Gasteiger partial charge in [-0.05, 0) is 30.6 Å². The van der Waals surface area contributed by atoms with E-state index < -0.39 is 0 Å². The molecule has 0 radical (unpaired) electrons. The van der Waals surface area contributed by atoms with Gasteiger partial charge in [0, 0.05) is 13.1 Å². The van der Waals surface area contributed by atoms with E-state index in [1.807, 2.05) is 0 Å². The van der Waals surface area contributed by atoms with Gasteiger partial charge in [0.2, 0.25) is 0 Å². The highest BCUT2D eigenvalue weighted by molar-refractivity contribution is 6.51. The van der Waals surface area contributed by atoms with Gasteiger partial charge < -0.3 is 9.62 Å². The molecular formula is C18H23BN2. The Morgan fingerprint density at radius 2 is 1.19 bits per heavy atom. The highest BCUT2D eigenvalue weighted by atomic mass is 15.2. The Hall–Kier alpha value is -1.58. The fourth-order valence-electron chi connectivity index (χ4n) is 3.14. The fourth-order valence-corrected chi connectivity index (χ4v) is 3.14. The molecule has 0 aliphatic carbocycles. The molecule has 2 nitrogen and oxygen atoms in total. The molecule has 0 aromatic heterocycles. The molecule has 0 spiro atoms. The van der Waals surface area contributed by atoms with Crippen molar-refractivity contribution < 1.29 is 0 Å². The molecule has 0 bridgehead atoms. The molecule has 21 heavy (non-hydrogen) atoms. The van der Waals surface area contributed by atoms with Crippen LogP contribution >= 0.6 is 0 Å². The van der Waals surface area contributed by atoms with E-state index in [9.17, 15) is 0 Å². The van der Waals surface area contributed by atoms with Crippen molar-refractivity contribution in [2.75, 3.05) is 13.1 Å². The van der Waals surface area contributed by atoms with E-state index in [2.05, 4.69) is 77.1 Å². The lowest BCUT2D eigenvalue weighted by Gasteiger charge is -2.40. The number of nitrogens with zero attached hydrogens (tertiary/aromatic N) is 2. The fraction of sp³-hybridized carbons (Fsp3) is 0.333. The van der Waals surface area contributed by atoms with E-state index in [1.165, 1.54) is 30.6 Å². The molecule has 108 valence electrons. The van der Waals surface area contributed by atoms with Crippen LogP contribution in [0.25, 0.3) is 0 Å². The minimum absolute atomic E-state index is 0.499. The number of hydrogen-bond acceptors (Lipinski definition) is 2. The minimum atomic E-state index is 0.499. The zero-order valence-electron chi connectivity index (χ0n) is 12.8. The topological polar surface area (TPSA) is 6.48 Å². The maximum Gasteiger partial charge on any atom is 0.308 e. The van der Waals surface area contributed by atoms with Crippen molar-refractivity contribution in [1.82, 2.24) is 9.62 Å². The van der Waals surface area contributed by atoms with Crippen molar-refractivity contribution in [2.24, 2.45) is 0 Å². The van der Waals surface area contributed by atoms with Crippen LogP contribution in [0.4, 0.5) is 0 Å². The average Bonchev–Trinajstić information content (AvgIpc) is 2.53. The van der Waals surface area contributed by atoms with Gasteiger partial charge >= 0.3 is 6.98 Å². The molecule has 3 heteroatoms. The van der Waals surface area contributed by atoms with Crippen LogP contribution in [0.5, 0.6) is 0 Å². The van der Waals surface area contributed by atoms with E-state index in [0.29, 0.717) is 6.98 Å². The molecule has 1 heterocycles. The largest absolute Gasteiger partial charge is 0.324 e. The van der Waals surface area contributed by atoms with Crippen LogP contribution in [0.3, 0.4) is 0 Å². The van der Waals surface area contributed by atoms with Crippen LogP contribution in [0, 0.1) is 0 Å². The Bertz CT molecular complexity index is 494. The van der Waals surface area contributed by atoms with Crippen molar-refractivity contribution in [3.05, 3.63) is 71.8 Å². The first-order valence-electron chi connectivity index (χ1n) is 7.89. The third-order valence-corrected chi connectivity index (χ3v) is 4.40. The molecule has 1 saturated heterocycles. The first-order chi connectivity index (χ1) is 10.3. The Labute approximate surface area is 128 Å². The van der Waals surface area contributed by atoms with Crippen molar-refractivity contribution in [3.8, 4) is 0 Å². The summed E-state index contributed by atoms with van der Waals surface area (Å²) >= 11 is 0. The average molecular weight is 278 g/mol. The zero-order valence-corrected chi connectivity index (χ0v) is 12.8. The van der Waals surface area contributed by atoms with Crippen LogP contribution in [-0.2, 0) is 13.1 Å². The van der Waals surface area contributed by atoms with E-state index in [4.69, 9.17) is 0 Å². The Morgan fingerprint density at radius 3 is 1.62 bits per heavy atom. The molecule has 2 aromatic carbocycles. The van der Waals surface area contributed by atoms with Gasteiger partial charge in [-0.3, -0.25) is 0 Å². The Morgan fingerprint density at radius 1 is 0.762 bits per heavy atom. The highest BCUT2D eigenvalue weighted by Gasteiger charge is 2.29. The maximum absolute atomic E-state index is 2.59. The summed E-state index contributed by atoms with van der Waals surface area (Å²) < 4.78 is 0. The second-order valence-electron chi connectivity index (χ2n) is 5.90. The van der Waals surface area contributed by atoms with Crippen LogP contribution in [0.2, 0.25) is 6.82 Å². The van der Waals surface area contributed by atoms with E-state index in [1.54, 1.807) is 0 Å². The van der Waals surface area contributed by atoms with E-state index in [0.717, 1.165) is 13.1 Å². The predicted octanol–water partition coefficient (Wildman–Crippen LogP) is 3.51. The lowest BCUT2D eigenvalue weighted by Crippen LogP contribution is -2.55. The lowest BCUT2D eigenvalue weighted by molar-refractivity contribution is 0.274. The number of rotatable bonds is 4. The molecule has 1 fully saturated rings. The third kappa shape index (κ3) is 3.75. The molecule has 1 aliphatic rings. The Kier molecular flexibility index (Phi) is 4.74. The van der Waals surface area contributed by atoms with Gasteiger partial charge in [-0.1, -0.05) is 67.5 Å².